The van der Waals surface area contributed by atoms with E-state index in [9.17, 15) is 13.2 Å². The van der Waals surface area contributed by atoms with Crippen LogP contribution in [0.4, 0.5) is 0 Å². The molecule has 168 valence electrons. The van der Waals surface area contributed by atoms with Crippen LogP contribution in [0.25, 0.3) is 0 Å². The maximum Gasteiger partial charge on any atom is 0.246 e. The minimum Gasteiger partial charge on any atom is -0.495 e. The number of amides is 1. The number of carbonyl (C=O) groups is 1. The summed E-state index contributed by atoms with van der Waals surface area (Å²) in [7, 11) is -2.32. The number of nitrogens with zero attached hydrogens (tertiary/aromatic N) is 1. The van der Waals surface area contributed by atoms with Crippen LogP contribution in [-0.4, -0.2) is 44.9 Å². The second-order valence-corrected chi connectivity index (χ2v) is 10.3. The molecule has 2 aromatic carbocycles. The third kappa shape index (κ3) is 5.99. The Balaban J connectivity index is 1.54. The zero-order valence-corrected chi connectivity index (χ0v) is 19.5. The van der Waals surface area contributed by atoms with Crippen molar-refractivity contribution in [1.82, 2.24) is 9.62 Å². The molecule has 1 N–H and O–H groups in total. The highest BCUT2D eigenvalue weighted by molar-refractivity contribution is 7.89. The SMILES string of the molecule is COc1ccc(Cl)cc1S(=O)(=O)N1CCC(C(=O)N[C@@H](C)CCc2ccccc2)CC1. The van der Waals surface area contributed by atoms with Gasteiger partial charge in [0.25, 0.3) is 0 Å². The first-order valence-corrected chi connectivity index (χ1v) is 12.3. The van der Waals surface area contributed by atoms with Gasteiger partial charge in [-0.25, -0.2) is 8.42 Å². The van der Waals surface area contributed by atoms with Gasteiger partial charge in [0.2, 0.25) is 15.9 Å². The number of nitrogens with one attached hydrogen (secondary N) is 1. The van der Waals surface area contributed by atoms with Crippen LogP contribution < -0.4 is 10.1 Å². The number of methoxy groups -OCH3 is 1. The summed E-state index contributed by atoms with van der Waals surface area (Å²) in [4.78, 5) is 12.7. The Hall–Kier alpha value is -2.09. The molecule has 6 nitrogen and oxygen atoms in total. The molecule has 0 spiro atoms. The Morgan fingerprint density at radius 1 is 1.19 bits per heavy atom. The average molecular weight is 465 g/mol. The zero-order valence-electron chi connectivity index (χ0n) is 17.9. The van der Waals surface area contributed by atoms with Gasteiger partial charge >= 0.3 is 0 Å². The molecule has 31 heavy (non-hydrogen) atoms. The molecule has 3 rings (SSSR count). The van der Waals surface area contributed by atoms with E-state index >= 15 is 0 Å². The maximum atomic E-state index is 13.1. The first-order chi connectivity index (χ1) is 14.8. The summed E-state index contributed by atoms with van der Waals surface area (Å²) < 4.78 is 32.8. The largest absolute Gasteiger partial charge is 0.495 e. The van der Waals surface area contributed by atoms with E-state index < -0.39 is 10.0 Å². The number of ether oxygens (including phenoxy) is 1. The number of aryl methyl sites for hydroxylation is 1. The molecule has 1 aliphatic heterocycles. The lowest BCUT2D eigenvalue weighted by Gasteiger charge is -2.31. The molecule has 1 aliphatic rings. The maximum absolute atomic E-state index is 13.1. The minimum absolute atomic E-state index is 0.00190. The fourth-order valence-electron chi connectivity index (χ4n) is 3.81. The van der Waals surface area contributed by atoms with E-state index in [0.717, 1.165) is 12.8 Å². The lowest BCUT2D eigenvalue weighted by molar-refractivity contribution is -0.126. The van der Waals surface area contributed by atoms with Crippen molar-refractivity contribution in [3.8, 4) is 5.75 Å². The second kappa shape index (κ2) is 10.5. The first-order valence-electron chi connectivity index (χ1n) is 10.5. The highest BCUT2D eigenvalue weighted by Crippen LogP contribution is 2.31. The summed E-state index contributed by atoms with van der Waals surface area (Å²) in [6, 6.07) is 14.8. The Labute approximate surface area is 189 Å². The minimum atomic E-state index is -3.75. The van der Waals surface area contributed by atoms with Gasteiger partial charge < -0.3 is 10.1 Å². The van der Waals surface area contributed by atoms with Gasteiger partial charge in [0.15, 0.2) is 0 Å². The average Bonchev–Trinajstić information content (AvgIpc) is 2.78. The second-order valence-electron chi connectivity index (χ2n) is 7.91. The molecule has 0 radical (unpaired) electrons. The summed E-state index contributed by atoms with van der Waals surface area (Å²) in [6.45, 7) is 2.58. The van der Waals surface area contributed by atoms with Gasteiger partial charge in [-0.05, 0) is 56.4 Å². The van der Waals surface area contributed by atoms with Crippen LogP contribution in [-0.2, 0) is 21.2 Å². The number of rotatable bonds is 8. The Morgan fingerprint density at radius 2 is 1.87 bits per heavy atom. The van der Waals surface area contributed by atoms with Crippen LogP contribution in [0.2, 0.25) is 5.02 Å². The molecular formula is C23H29ClN2O4S. The van der Waals surface area contributed by atoms with E-state index in [2.05, 4.69) is 17.4 Å². The van der Waals surface area contributed by atoms with Crippen molar-refractivity contribution >= 4 is 27.5 Å². The number of hydrogen-bond acceptors (Lipinski definition) is 4. The van der Waals surface area contributed by atoms with E-state index in [1.54, 1.807) is 12.1 Å². The summed E-state index contributed by atoms with van der Waals surface area (Å²) in [5, 5.41) is 3.42. The van der Waals surface area contributed by atoms with Crippen molar-refractivity contribution in [1.29, 1.82) is 0 Å². The molecule has 0 aromatic heterocycles. The first kappa shape index (κ1) is 23.6. The number of carbonyl (C=O) groups excluding carboxylic acids is 1. The summed E-state index contributed by atoms with van der Waals surface area (Å²) >= 11 is 6.01. The van der Waals surface area contributed by atoms with Gasteiger partial charge in [-0.1, -0.05) is 41.9 Å². The molecule has 0 bridgehead atoms. The molecule has 0 aliphatic carbocycles. The third-order valence-corrected chi connectivity index (χ3v) is 7.82. The van der Waals surface area contributed by atoms with Crippen molar-refractivity contribution < 1.29 is 17.9 Å². The van der Waals surface area contributed by atoms with Crippen molar-refractivity contribution in [3.05, 3.63) is 59.1 Å². The predicted octanol–water partition coefficient (Wildman–Crippen LogP) is 3.89. The van der Waals surface area contributed by atoms with Gasteiger partial charge in [0.1, 0.15) is 10.6 Å². The Kier molecular flexibility index (Phi) is 7.97. The van der Waals surface area contributed by atoms with Gasteiger partial charge in [0.05, 0.1) is 7.11 Å². The number of hydrogen-bond donors (Lipinski definition) is 1. The molecule has 1 saturated heterocycles. The molecule has 1 fully saturated rings. The van der Waals surface area contributed by atoms with Crippen molar-refractivity contribution in [2.45, 2.75) is 43.5 Å². The number of benzene rings is 2. The summed E-state index contributed by atoms with van der Waals surface area (Å²) in [5.41, 5.74) is 1.25. The van der Waals surface area contributed by atoms with Crippen molar-refractivity contribution in [2.75, 3.05) is 20.2 Å². The highest BCUT2D eigenvalue weighted by atomic mass is 35.5. The van der Waals surface area contributed by atoms with E-state index in [4.69, 9.17) is 16.3 Å². The van der Waals surface area contributed by atoms with Gasteiger partial charge in [-0.3, -0.25) is 4.79 Å². The quantitative estimate of drug-likeness (QED) is 0.643. The standard InChI is InChI=1S/C23H29ClN2O4S/c1-17(8-9-18-6-4-3-5-7-18)25-23(27)19-12-14-26(15-13-19)31(28,29)22-16-20(24)10-11-21(22)30-2/h3-7,10-11,16-17,19H,8-9,12-15H2,1-2H3,(H,25,27)/t17-/m0/s1. The fourth-order valence-corrected chi connectivity index (χ4v) is 5.70. The summed E-state index contributed by atoms with van der Waals surface area (Å²) in [5.74, 6) is 0.0707. The van der Waals surface area contributed by atoms with E-state index in [-0.39, 0.29) is 41.6 Å². The lowest BCUT2D eigenvalue weighted by atomic mass is 9.96. The van der Waals surface area contributed by atoms with Crippen molar-refractivity contribution in [2.24, 2.45) is 5.92 Å². The molecule has 0 unspecified atom stereocenters. The number of halogens is 1. The van der Waals surface area contributed by atoms with Gasteiger partial charge in [-0.15, -0.1) is 0 Å². The van der Waals surface area contributed by atoms with Crippen LogP contribution >= 0.6 is 11.6 Å². The van der Waals surface area contributed by atoms with E-state index in [0.29, 0.717) is 17.9 Å². The Bertz CT molecular complexity index is 990. The van der Waals surface area contributed by atoms with Crippen LogP contribution in [0.3, 0.4) is 0 Å². The van der Waals surface area contributed by atoms with Crippen LogP contribution in [0.1, 0.15) is 31.7 Å². The lowest BCUT2D eigenvalue weighted by Crippen LogP contribution is -2.44. The molecular weight excluding hydrogens is 436 g/mol. The van der Waals surface area contributed by atoms with Gasteiger partial charge in [-0.2, -0.15) is 4.31 Å². The van der Waals surface area contributed by atoms with Crippen LogP contribution in [0, 0.1) is 5.92 Å². The fraction of sp³-hybridized carbons (Fsp3) is 0.435. The topological polar surface area (TPSA) is 75.7 Å². The third-order valence-electron chi connectivity index (χ3n) is 5.67. The monoisotopic (exact) mass is 464 g/mol. The summed E-state index contributed by atoms with van der Waals surface area (Å²) in [6.07, 6.45) is 2.73. The van der Waals surface area contributed by atoms with Crippen molar-refractivity contribution in [3.63, 3.8) is 0 Å². The normalized spacial score (nSPS) is 16.6. The Morgan fingerprint density at radius 3 is 2.52 bits per heavy atom. The van der Waals surface area contributed by atoms with E-state index in [1.165, 1.54) is 23.0 Å². The van der Waals surface area contributed by atoms with E-state index in [1.807, 2.05) is 25.1 Å². The van der Waals surface area contributed by atoms with Gasteiger partial charge in [0, 0.05) is 30.1 Å². The van der Waals surface area contributed by atoms with Crippen LogP contribution in [0.15, 0.2) is 53.4 Å². The molecule has 1 amide bonds. The zero-order chi connectivity index (χ0) is 22.4. The van der Waals surface area contributed by atoms with Crippen LogP contribution in [0.5, 0.6) is 5.75 Å². The smallest absolute Gasteiger partial charge is 0.246 e. The molecule has 8 heteroatoms. The molecule has 0 saturated carbocycles. The predicted molar refractivity (Wildman–Crippen MR) is 122 cm³/mol. The molecule has 1 atom stereocenters. The number of sulfonamides is 1. The molecule has 1 heterocycles. The molecule has 2 aromatic rings. The number of piperidine rings is 1. The highest BCUT2D eigenvalue weighted by Gasteiger charge is 2.34.